The standard InChI is InChI=1S/C16H25NO4/c1-4-16(5-2)10-12(8-9-20-16)17-11-13-6-7-14(21-13)15(18)19-3/h6-7,12,17H,4-5,8-11H2,1-3H3. The van der Waals surface area contributed by atoms with Crippen molar-refractivity contribution in [2.45, 2.75) is 57.7 Å². The summed E-state index contributed by atoms with van der Waals surface area (Å²) in [7, 11) is 1.35. The second-order valence-corrected chi connectivity index (χ2v) is 5.57. The van der Waals surface area contributed by atoms with Crippen molar-refractivity contribution in [3.05, 3.63) is 23.7 Å². The number of esters is 1. The van der Waals surface area contributed by atoms with E-state index < -0.39 is 5.97 Å². The van der Waals surface area contributed by atoms with Crippen LogP contribution in [0.25, 0.3) is 0 Å². The number of furan rings is 1. The lowest BCUT2D eigenvalue weighted by Crippen LogP contribution is -2.46. The van der Waals surface area contributed by atoms with E-state index in [0.29, 0.717) is 12.6 Å². The van der Waals surface area contributed by atoms with Gasteiger partial charge in [0.2, 0.25) is 5.76 Å². The fraction of sp³-hybridized carbons (Fsp3) is 0.688. The highest BCUT2D eigenvalue weighted by atomic mass is 16.5. The molecule has 1 N–H and O–H groups in total. The van der Waals surface area contributed by atoms with Gasteiger partial charge in [-0.05, 0) is 37.8 Å². The van der Waals surface area contributed by atoms with Gasteiger partial charge in [-0.1, -0.05) is 13.8 Å². The molecule has 1 aliphatic rings. The van der Waals surface area contributed by atoms with Crippen molar-refractivity contribution in [3.8, 4) is 0 Å². The van der Waals surface area contributed by atoms with E-state index in [1.807, 2.05) is 6.07 Å². The molecule has 118 valence electrons. The van der Waals surface area contributed by atoms with Crippen molar-refractivity contribution in [2.24, 2.45) is 0 Å². The zero-order valence-electron chi connectivity index (χ0n) is 13.1. The van der Waals surface area contributed by atoms with Crippen LogP contribution in [-0.4, -0.2) is 31.3 Å². The lowest BCUT2D eigenvalue weighted by molar-refractivity contribution is -0.0933. The number of hydrogen-bond donors (Lipinski definition) is 1. The molecule has 1 aliphatic heterocycles. The maximum absolute atomic E-state index is 11.3. The van der Waals surface area contributed by atoms with Gasteiger partial charge in [0.1, 0.15) is 5.76 Å². The topological polar surface area (TPSA) is 60.7 Å². The van der Waals surface area contributed by atoms with Crippen LogP contribution in [0.4, 0.5) is 0 Å². The van der Waals surface area contributed by atoms with Crippen LogP contribution in [0, 0.1) is 0 Å². The minimum Gasteiger partial charge on any atom is -0.463 e. The highest BCUT2D eigenvalue weighted by Crippen LogP contribution is 2.31. The number of nitrogens with one attached hydrogen (secondary N) is 1. The summed E-state index contributed by atoms with van der Waals surface area (Å²) < 4.78 is 16.1. The van der Waals surface area contributed by atoms with Crippen molar-refractivity contribution < 1.29 is 18.7 Å². The average Bonchev–Trinajstić information content (AvgIpc) is 3.01. The van der Waals surface area contributed by atoms with Gasteiger partial charge in [0.05, 0.1) is 19.3 Å². The second kappa shape index (κ2) is 7.09. The van der Waals surface area contributed by atoms with Gasteiger partial charge in [-0.2, -0.15) is 0 Å². The molecule has 0 amide bonds. The van der Waals surface area contributed by atoms with Gasteiger partial charge >= 0.3 is 5.97 Å². The number of ether oxygens (including phenoxy) is 2. The van der Waals surface area contributed by atoms with E-state index in [9.17, 15) is 4.79 Å². The Hall–Kier alpha value is -1.33. The van der Waals surface area contributed by atoms with E-state index in [1.54, 1.807) is 6.07 Å². The van der Waals surface area contributed by atoms with Gasteiger partial charge in [-0.3, -0.25) is 0 Å². The molecular formula is C16H25NO4. The Morgan fingerprint density at radius 2 is 2.19 bits per heavy atom. The molecule has 0 aromatic carbocycles. The molecule has 2 rings (SSSR count). The smallest absolute Gasteiger partial charge is 0.373 e. The highest BCUT2D eigenvalue weighted by molar-refractivity contribution is 5.86. The fourth-order valence-corrected chi connectivity index (χ4v) is 2.87. The molecule has 1 atom stereocenters. The third kappa shape index (κ3) is 3.86. The summed E-state index contributed by atoms with van der Waals surface area (Å²) in [6.45, 7) is 5.78. The number of carbonyl (C=O) groups excluding carboxylic acids is 1. The van der Waals surface area contributed by atoms with Crippen LogP contribution < -0.4 is 5.32 Å². The monoisotopic (exact) mass is 295 g/mol. The molecule has 1 aromatic heterocycles. The lowest BCUT2D eigenvalue weighted by Gasteiger charge is -2.40. The molecule has 0 bridgehead atoms. The maximum atomic E-state index is 11.3. The van der Waals surface area contributed by atoms with E-state index in [4.69, 9.17) is 9.15 Å². The van der Waals surface area contributed by atoms with Crippen molar-refractivity contribution in [1.29, 1.82) is 0 Å². The molecule has 5 heteroatoms. The van der Waals surface area contributed by atoms with E-state index in [-0.39, 0.29) is 11.4 Å². The molecule has 0 aliphatic carbocycles. The van der Waals surface area contributed by atoms with Crippen molar-refractivity contribution in [3.63, 3.8) is 0 Å². The van der Waals surface area contributed by atoms with Gasteiger partial charge in [-0.25, -0.2) is 4.79 Å². The maximum Gasteiger partial charge on any atom is 0.373 e. The summed E-state index contributed by atoms with van der Waals surface area (Å²) in [5, 5.41) is 3.51. The molecule has 1 saturated heterocycles. The van der Waals surface area contributed by atoms with E-state index in [2.05, 4.69) is 23.9 Å². The highest BCUT2D eigenvalue weighted by Gasteiger charge is 2.34. The molecule has 5 nitrogen and oxygen atoms in total. The van der Waals surface area contributed by atoms with Gasteiger partial charge in [-0.15, -0.1) is 0 Å². The second-order valence-electron chi connectivity index (χ2n) is 5.57. The zero-order chi connectivity index (χ0) is 15.3. The van der Waals surface area contributed by atoms with Crippen LogP contribution in [0.5, 0.6) is 0 Å². The minimum absolute atomic E-state index is 0.0102. The van der Waals surface area contributed by atoms with E-state index in [1.165, 1.54) is 7.11 Å². The van der Waals surface area contributed by atoms with Crippen molar-refractivity contribution in [1.82, 2.24) is 5.32 Å². The average molecular weight is 295 g/mol. The van der Waals surface area contributed by atoms with Gasteiger partial charge in [0, 0.05) is 12.6 Å². The van der Waals surface area contributed by atoms with Gasteiger partial charge < -0.3 is 19.2 Å². The van der Waals surface area contributed by atoms with Crippen LogP contribution >= 0.6 is 0 Å². The summed E-state index contributed by atoms with van der Waals surface area (Å²) in [5.74, 6) is 0.557. The summed E-state index contributed by atoms with van der Waals surface area (Å²) >= 11 is 0. The molecule has 1 fully saturated rings. The van der Waals surface area contributed by atoms with Crippen LogP contribution in [0.2, 0.25) is 0 Å². The Balaban J connectivity index is 1.88. The van der Waals surface area contributed by atoms with Crippen LogP contribution in [0.15, 0.2) is 16.5 Å². The number of carbonyl (C=O) groups is 1. The summed E-state index contributed by atoms with van der Waals surface area (Å²) in [4.78, 5) is 11.3. The summed E-state index contributed by atoms with van der Waals surface area (Å²) in [6, 6.07) is 3.88. The first-order chi connectivity index (χ1) is 10.1. The Morgan fingerprint density at radius 1 is 1.43 bits per heavy atom. The first-order valence-corrected chi connectivity index (χ1v) is 7.67. The molecule has 0 saturated carbocycles. The van der Waals surface area contributed by atoms with E-state index in [0.717, 1.165) is 38.1 Å². The third-order valence-corrected chi connectivity index (χ3v) is 4.39. The number of rotatable bonds is 6. The predicted molar refractivity (Wildman–Crippen MR) is 79.2 cm³/mol. The zero-order valence-corrected chi connectivity index (χ0v) is 13.1. The van der Waals surface area contributed by atoms with Crippen LogP contribution in [0.3, 0.4) is 0 Å². The lowest BCUT2D eigenvalue weighted by atomic mass is 9.86. The van der Waals surface area contributed by atoms with Crippen LogP contribution in [-0.2, 0) is 16.0 Å². The SMILES string of the molecule is CCC1(CC)CC(NCc2ccc(C(=O)OC)o2)CCO1. The normalized spacial score (nSPS) is 21.2. The molecule has 0 radical (unpaired) electrons. The first-order valence-electron chi connectivity index (χ1n) is 7.67. The fourth-order valence-electron chi connectivity index (χ4n) is 2.87. The van der Waals surface area contributed by atoms with Crippen molar-refractivity contribution in [2.75, 3.05) is 13.7 Å². The molecular weight excluding hydrogens is 270 g/mol. The molecule has 2 heterocycles. The molecule has 0 spiro atoms. The number of hydrogen-bond acceptors (Lipinski definition) is 5. The molecule has 1 aromatic rings. The van der Waals surface area contributed by atoms with Crippen LogP contribution in [0.1, 0.15) is 55.8 Å². The van der Waals surface area contributed by atoms with E-state index >= 15 is 0 Å². The van der Waals surface area contributed by atoms with Gasteiger partial charge in [0.15, 0.2) is 0 Å². The third-order valence-electron chi connectivity index (χ3n) is 4.39. The minimum atomic E-state index is -0.441. The Kier molecular flexibility index (Phi) is 5.42. The summed E-state index contributed by atoms with van der Waals surface area (Å²) in [6.07, 6.45) is 4.10. The Morgan fingerprint density at radius 3 is 2.86 bits per heavy atom. The Labute approximate surface area is 126 Å². The van der Waals surface area contributed by atoms with Crippen molar-refractivity contribution >= 4 is 5.97 Å². The largest absolute Gasteiger partial charge is 0.463 e. The quantitative estimate of drug-likeness (QED) is 0.818. The summed E-state index contributed by atoms with van der Waals surface area (Å²) in [5.41, 5.74) is 0.0102. The number of methoxy groups -OCH3 is 1. The molecule has 21 heavy (non-hydrogen) atoms. The Bertz CT molecular complexity index is 465. The first kappa shape index (κ1) is 16.0. The predicted octanol–water partition coefficient (Wildman–Crippen LogP) is 2.89. The molecule has 1 unspecified atom stereocenters. The van der Waals surface area contributed by atoms with Gasteiger partial charge in [0.25, 0.3) is 0 Å².